The third kappa shape index (κ3) is 2.76. The Morgan fingerprint density at radius 1 is 1.14 bits per heavy atom. The molecule has 21 heavy (non-hydrogen) atoms. The monoisotopic (exact) mass is 350 g/mol. The predicted octanol–water partition coefficient (Wildman–Crippen LogP) is 5.83. The van der Waals surface area contributed by atoms with Crippen LogP contribution < -0.4 is 0 Å². The van der Waals surface area contributed by atoms with Crippen LogP contribution in [0.15, 0.2) is 36.4 Å². The van der Waals surface area contributed by atoms with E-state index in [1.165, 1.54) is 23.3 Å². The summed E-state index contributed by atoms with van der Waals surface area (Å²) < 4.78 is 28.0. The molecule has 0 fully saturated rings. The van der Waals surface area contributed by atoms with Crippen LogP contribution in [0, 0.1) is 18.6 Å². The van der Waals surface area contributed by atoms with Gasteiger partial charge < -0.3 is 0 Å². The van der Waals surface area contributed by atoms with Gasteiger partial charge in [0.15, 0.2) is 0 Å². The number of hydrogen-bond acceptors (Lipinski definition) is 0. The molecule has 0 amide bonds. The van der Waals surface area contributed by atoms with E-state index in [2.05, 4.69) is 28.1 Å². The van der Waals surface area contributed by atoms with Crippen molar-refractivity contribution < 1.29 is 8.78 Å². The molecule has 0 aliphatic heterocycles. The Morgan fingerprint density at radius 3 is 2.71 bits per heavy atom. The van der Waals surface area contributed by atoms with Gasteiger partial charge in [0.05, 0.1) is 0 Å². The lowest BCUT2D eigenvalue weighted by Gasteiger charge is -2.30. The minimum absolute atomic E-state index is 0.187. The first-order valence-electron chi connectivity index (χ1n) is 7.25. The molecule has 110 valence electrons. The fourth-order valence-corrected chi connectivity index (χ4v) is 4.09. The van der Waals surface area contributed by atoms with Crippen LogP contribution in [-0.4, -0.2) is 0 Å². The Morgan fingerprint density at radius 2 is 1.90 bits per heavy atom. The third-order valence-corrected chi connectivity index (χ3v) is 5.48. The lowest BCUT2D eigenvalue weighted by Crippen LogP contribution is -2.15. The second kappa shape index (κ2) is 5.88. The van der Waals surface area contributed by atoms with Gasteiger partial charge in [-0.05, 0) is 55.0 Å². The molecule has 2 unspecified atom stereocenters. The summed E-state index contributed by atoms with van der Waals surface area (Å²) in [4.78, 5) is -0.200. The molecule has 0 radical (unpaired) electrons. The highest BCUT2D eigenvalue weighted by atomic mass is 79.9. The molecule has 2 aromatic carbocycles. The third-order valence-electron chi connectivity index (χ3n) is 4.34. The molecular weight excluding hydrogens is 334 g/mol. The molecule has 2 atom stereocenters. The van der Waals surface area contributed by atoms with Crippen LogP contribution in [0.1, 0.15) is 45.8 Å². The maximum absolute atomic E-state index is 14.2. The molecule has 1 aliphatic rings. The van der Waals surface area contributed by atoms with Crippen LogP contribution in [0.5, 0.6) is 0 Å². The van der Waals surface area contributed by atoms with E-state index in [4.69, 9.17) is 0 Å². The van der Waals surface area contributed by atoms with Crippen molar-refractivity contribution >= 4 is 15.9 Å². The molecule has 1 aliphatic carbocycles. The maximum atomic E-state index is 14.2. The van der Waals surface area contributed by atoms with Gasteiger partial charge in [0.2, 0.25) is 0 Å². The molecule has 3 rings (SSSR count). The normalized spacial score (nSPS) is 19.1. The van der Waals surface area contributed by atoms with Gasteiger partial charge in [0, 0.05) is 16.3 Å². The molecule has 0 saturated heterocycles. The van der Waals surface area contributed by atoms with Gasteiger partial charge in [-0.1, -0.05) is 40.2 Å². The van der Waals surface area contributed by atoms with E-state index in [9.17, 15) is 8.78 Å². The van der Waals surface area contributed by atoms with E-state index in [-0.39, 0.29) is 22.4 Å². The minimum atomic E-state index is -0.347. The van der Waals surface area contributed by atoms with E-state index in [0.717, 1.165) is 19.3 Å². The Kier molecular flexibility index (Phi) is 4.12. The fourth-order valence-electron chi connectivity index (χ4n) is 3.19. The summed E-state index contributed by atoms with van der Waals surface area (Å²) in [6.45, 7) is 1.58. The smallest absolute Gasteiger partial charge is 0.128 e. The molecule has 0 aromatic heterocycles. The molecular formula is C18H17BrF2. The number of benzene rings is 2. The molecule has 0 heterocycles. The highest BCUT2D eigenvalue weighted by molar-refractivity contribution is 9.09. The van der Waals surface area contributed by atoms with Crippen LogP contribution in [0.4, 0.5) is 8.78 Å². The second-order valence-electron chi connectivity index (χ2n) is 5.72. The average molecular weight is 351 g/mol. The first kappa shape index (κ1) is 14.7. The quantitative estimate of drug-likeness (QED) is 0.597. The lowest BCUT2D eigenvalue weighted by molar-refractivity contribution is 0.521. The van der Waals surface area contributed by atoms with Gasteiger partial charge in [0.25, 0.3) is 0 Å². The molecule has 0 nitrogen and oxygen atoms in total. The van der Waals surface area contributed by atoms with Crippen molar-refractivity contribution in [2.45, 2.75) is 36.9 Å². The Balaban J connectivity index is 2.00. The number of aryl methyl sites for hydroxylation is 2. The van der Waals surface area contributed by atoms with Crippen molar-refractivity contribution in [2.24, 2.45) is 0 Å². The van der Waals surface area contributed by atoms with Gasteiger partial charge in [-0.15, -0.1) is 0 Å². The minimum Gasteiger partial charge on any atom is -0.207 e. The topological polar surface area (TPSA) is 0 Å². The van der Waals surface area contributed by atoms with Crippen molar-refractivity contribution in [3.8, 4) is 0 Å². The second-order valence-corrected chi connectivity index (χ2v) is 6.71. The van der Waals surface area contributed by atoms with Gasteiger partial charge >= 0.3 is 0 Å². The Hall–Kier alpha value is -1.22. The van der Waals surface area contributed by atoms with E-state index in [1.807, 2.05) is 12.1 Å². The first-order valence-corrected chi connectivity index (χ1v) is 8.17. The SMILES string of the molecule is Cc1cc(F)c(C(Br)C2CCCc3ccccc32)cc1F. The van der Waals surface area contributed by atoms with Crippen LogP contribution in [0.3, 0.4) is 0 Å². The zero-order valence-corrected chi connectivity index (χ0v) is 13.5. The maximum Gasteiger partial charge on any atom is 0.128 e. The Bertz CT molecular complexity index is 666. The van der Waals surface area contributed by atoms with Crippen LogP contribution in [0.2, 0.25) is 0 Å². The highest BCUT2D eigenvalue weighted by Crippen LogP contribution is 2.45. The summed E-state index contributed by atoms with van der Waals surface area (Å²) in [6.07, 6.45) is 3.14. The Labute approximate surface area is 132 Å². The number of hydrogen-bond donors (Lipinski definition) is 0. The van der Waals surface area contributed by atoms with Crippen LogP contribution >= 0.6 is 15.9 Å². The van der Waals surface area contributed by atoms with E-state index in [0.29, 0.717) is 11.1 Å². The van der Waals surface area contributed by atoms with Crippen LogP contribution in [-0.2, 0) is 6.42 Å². The summed E-state index contributed by atoms with van der Waals surface area (Å²) in [5.74, 6) is -0.495. The number of alkyl halides is 1. The molecule has 0 saturated carbocycles. The van der Waals surface area contributed by atoms with Gasteiger partial charge in [-0.2, -0.15) is 0 Å². The van der Waals surface area contributed by atoms with Crippen molar-refractivity contribution in [3.05, 3.63) is 70.3 Å². The van der Waals surface area contributed by atoms with E-state index < -0.39 is 0 Å². The number of halogens is 3. The zero-order valence-electron chi connectivity index (χ0n) is 11.9. The summed E-state index contributed by atoms with van der Waals surface area (Å²) in [5, 5.41) is 0. The molecule has 0 N–H and O–H groups in total. The van der Waals surface area contributed by atoms with E-state index >= 15 is 0 Å². The first-order chi connectivity index (χ1) is 10.1. The van der Waals surface area contributed by atoms with Crippen molar-refractivity contribution in [1.29, 1.82) is 0 Å². The summed E-state index contributed by atoms with van der Waals surface area (Å²) in [6, 6.07) is 10.9. The summed E-state index contributed by atoms with van der Waals surface area (Å²) in [5.41, 5.74) is 3.34. The predicted molar refractivity (Wildman–Crippen MR) is 84.9 cm³/mol. The molecule has 0 bridgehead atoms. The van der Waals surface area contributed by atoms with E-state index in [1.54, 1.807) is 6.92 Å². The van der Waals surface area contributed by atoms with Crippen molar-refractivity contribution in [2.75, 3.05) is 0 Å². The molecule has 2 aromatic rings. The van der Waals surface area contributed by atoms with Gasteiger partial charge in [-0.25, -0.2) is 8.78 Å². The molecule has 0 spiro atoms. The largest absolute Gasteiger partial charge is 0.207 e. The standard InChI is InChI=1S/C18H17BrF2/c1-11-9-17(21)15(10-16(11)20)18(19)14-8-4-6-12-5-2-3-7-13(12)14/h2-3,5,7,9-10,14,18H,4,6,8H2,1H3. The molecule has 3 heteroatoms. The number of fused-ring (bicyclic) bond motifs is 1. The van der Waals surface area contributed by atoms with Gasteiger partial charge in [0.1, 0.15) is 11.6 Å². The number of rotatable bonds is 2. The van der Waals surface area contributed by atoms with Crippen molar-refractivity contribution in [1.82, 2.24) is 0 Å². The highest BCUT2D eigenvalue weighted by Gasteiger charge is 2.29. The fraction of sp³-hybridized carbons (Fsp3) is 0.333. The summed E-state index contributed by atoms with van der Waals surface area (Å²) >= 11 is 3.62. The summed E-state index contributed by atoms with van der Waals surface area (Å²) in [7, 11) is 0. The van der Waals surface area contributed by atoms with Gasteiger partial charge in [-0.3, -0.25) is 0 Å². The zero-order chi connectivity index (χ0) is 15.0. The lowest BCUT2D eigenvalue weighted by atomic mass is 9.79. The van der Waals surface area contributed by atoms with Crippen LogP contribution in [0.25, 0.3) is 0 Å². The van der Waals surface area contributed by atoms with Crippen molar-refractivity contribution in [3.63, 3.8) is 0 Å². The average Bonchev–Trinajstić information content (AvgIpc) is 2.49.